The summed E-state index contributed by atoms with van der Waals surface area (Å²) < 4.78 is 0. The van der Waals surface area contributed by atoms with Gasteiger partial charge in [-0.3, -0.25) is 10.3 Å². The molecule has 2 aliphatic heterocycles. The van der Waals surface area contributed by atoms with Gasteiger partial charge in [-0.25, -0.2) is 9.59 Å². The lowest BCUT2D eigenvalue weighted by molar-refractivity contribution is -0.133. The summed E-state index contributed by atoms with van der Waals surface area (Å²) in [6.45, 7) is 9.23. The van der Waals surface area contributed by atoms with Crippen LogP contribution in [0.4, 0.5) is 5.69 Å². The number of carboxylic acid groups (broad SMARTS) is 2. The molecule has 0 unspecified atom stereocenters. The molecule has 0 radical (unpaired) electrons. The number of hydrogen-bond donors (Lipinski definition) is 5. The van der Waals surface area contributed by atoms with Crippen molar-refractivity contribution in [3.05, 3.63) is 52.4 Å². The predicted molar refractivity (Wildman–Crippen MR) is 146 cm³/mol. The summed E-state index contributed by atoms with van der Waals surface area (Å²) in [6, 6.07) is 6.87. The molecule has 2 aliphatic rings. The predicted octanol–water partition coefficient (Wildman–Crippen LogP) is 3.83. The Kier molecular flexibility index (Phi) is 10.3. The van der Waals surface area contributed by atoms with Crippen molar-refractivity contribution >= 4 is 23.6 Å². The molecule has 0 spiro atoms. The van der Waals surface area contributed by atoms with Crippen LogP contribution in [0.25, 0.3) is 0 Å². The van der Waals surface area contributed by atoms with Gasteiger partial charge in [0, 0.05) is 23.6 Å². The molecule has 10 nitrogen and oxygen atoms in total. The van der Waals surface area contributed by atoms with Crippen LogP contribution >= 0.6 is 0 Å². The lowest BCUT2D eigenvalue weighted by atomic mass is 9.80. The largest absolute Gasteiger partial charge is 0.478 e. The fourth-order valence-corrected chi connectivity index (χ4v) is 5.38. The topological polar surface area (TPSA) is 150 Å². The molecular formula is C28H38N6O4. The number of dihydropyridines is 1. The Morgan fingerprint density at radius 2 is 1.82 bits per heavy atom. The Morgan fingerprint density at radius 3 is 2.39 bits per heavy atom. The number of aliphatic imine (C=N–C) groups is 1. The number of piperidine rings is 1. The fourth-order valence-electron chi connectivity index (χ4n) is 5.38. The molecule has 1 aromatic carbocycles. The molecule has 5 N–H and O–H groups in total. The Morgan fingerprint density at radius 1 is 1.16 bits per heavy atom. The van der Waals surface area contributed by atoms with Gasteiger partial charge >= 0.3 is 11.9 Å². The third kappa shape index (κ3) is 7.35. The average molecular weight is 523 g/mol. The van der Waals surface area contributed by atoms with Gasteiger partial charge in [-0.15, -0.1) is 0 Å². The van der Waals surface area contributed by atoms with Crippen molar-refractivity contribution in [3.63, 3.8) is 0 Å². The quantitative estimate of drug-likeness (QED) is 0.102. The van der Waals surface area contributed by atoms with Gasteiger partial charge < -0.3 is 25.7 Å². The van der Waals surface area contributed by atoms with Crippen molar-refractivity contribution in [2.75, 3.05) is 31.5 Å². The van der Waals surface area contributed by atoms with E-state index >= 15 is 0 Å². The van der Waals surface area contributed by atoms with Gasteiger partial charge in [0.15, 0.2) is 6.19 Å². The van der Waals surface area contributed by atoms with Crippen LogP contribution in [0.5, 0.6) is 0 Å². The van der Waals surface area contributed by atoms with Crippen LogP contribution in [0.3, 0.4) is 0 Å². The van der Waals surface area contributed by atoms with E-state index in [1.165, 1.54) is 25.7 Å². The van der Waals surface area contributed by atoms with Crippen molar-refractivity contribution in [3.8, 4) is 6.19 Å². The second-order valence-corrected chi connectivity index (χ2v) is 9.89. The van der Waals surface area contributed by atoms with Crippen molar-refractivity contribution < 1.29 is 19.8 Å². The molecule has 2 heterocycles. The van der Waals surface area contributed by atoms with E-state index in [0.717, 1.165) is 32.0 Å². The van der Waals surface area contributed by atoms with Crippen LogP contribution in [0, 0.1) is 17.4 Å². The highest BCUT2D eigenvalue weighted by Gasteiger charge is 2.36. The molecule has 0 saturated carbocycles. The minimum Gasteiger partial charge on any atom is -0.478 e. The standard InChI is InChI=1S/C28H38N6O4/c1-4-7-20-10-14-34(15-11-20)13-6-12-30-28(31-17-29)33-22-9-5-8-21(16-22)25-23(26(35)36)18(2)32-19(3)24(25)27(37)38/h5,8-9,16,20,25,32H,4,6-7,10-15H2,1-3H3,(H,35,36)(H,37,38)(H2,30,31,33). The normalized spacial score (nSPS) is 17.7. The number of carbonyl (C=O) groups is 2. The molecule has 38 heavy (non-hydrogen) atoms. The Hall–Kier alpha value is -3.84. The molecule has 0 amide bonds. The first kappa shape index (κ1) is 28.7. The van der Waals surface area contributed by atoms with E-state index in [2.05, 4.69) is 32.8 Å². The van der Waals surface area contributed by atoms with E-state index in [0.29, 0.717) is 29.2 Å². The highest BCUT2D eigenvalue weighted by atomic mass is 16.4. The first-order valence-electron chi connectivity index (χ1n) is 13.2. The number of benzene rings is 1. The van der Waals surface area contributed by atoms with Gasteiger partial charge in [0.2, 0.25) is 5.96 Å². The van der Waals surface area contributed by atoms with Crippen molar-refractivity contribution in [1.29, 1.82) is 5.26 Å². The van der Waals surface area contributed by atoms with Crippen LogP contribution in [-0.2, 0) is 9.59 Å². The summed E-state index contributed by atoms with van der Waals surface area (Å²) in [6.07, 6.45) is 7.83. The highest BCUT2D eigenvalue weighted by molar-refractivity contribution is 5.99. The lowest BCUT2D eigenvalue weighted by Gasteiger charge is -2.31. The Bertz CT molecular complexity index is 1120. The molecule has 0 aliphatic carbocycles. The molecule has 0 bridgehead atoms. The number of anilines is 1. The van der Waals surface area contributed by atoms with Crippen LogP contribution in [0.2, 0.25) is 0 Å². The molecule has 10 heteroatoms. The molecule has 0 atom stereocenters. The number of aliphatic carboxylic acids is 2. The van der Waals surface area contributed by atoms with Crippen molar-refractivity contribution in [2.45, 2.75) is 58.8 Å². The van der Waals surface area contributed by atoms with Crippen LogP contribution < -0.4 is 16.0 Å². The third-order valence-electron chi connectivity index (χ3n) is 7.18. The molecule has 1 fully saturated rings. The number of guanidine groups is 1. The maximum atomic E-state index is 12.1. The smallest absolute Gasteiger partial charge is 0.334 e. The molecular weight excluding hydrogens is 484 g/mol. The summed E-state index contributed by atoms with van der Waals surface area (Å²) in [4.78, 5) is 31.2. The summed E-state index contributed by atoms with van der Waals surface area (Å²) in [7, 11) is 0. The van der Waals surface area contributed by atoms with Gasteiger partial charge in [0.25, 0.3) is 0 Å². The Balaban J connectivity index is 1.71. The number of hydrogen-bond acceptors (Lipinski definition) is 6. The monoisotopic (exact) mass is 522 g/mol. The van der Waals surface area contributed by atoms with Gasteiger partial charge in [0.05, 0.1) is 17.1 Å². The van der Waals surface area contributed by atoms with Gasteiger partial charge in [-0.2, -0.15) is 5.26 Å². The number of nitriles is 1. The zero-order valence-electron chi connectivity index (χ0n) is 22.4. The second-order valence-electron chi connectivity index (χ2n) is 9.89. The van der Waals surface area contributed by atoms with Gasteiger partial charge in [0.1, 0.15) is 0 Å². The minimum atomic E-state index is -1.19. The zero-order valence-corrected chi connectivity index (χ0v) is 22.4. The van der Waals surface area contributed by atoms with Crippen LogP contribution in [0.1, 0.15) is 64.4 Å². The van der Waals surface area contributed by atoms with Gasteiger partial charge in [-0.1, -0.05) is 31.9 Å². The number of likely N-dealkylation sites (tertiary alicyclic amines) is 1. The number of nitrogens with zero attached hydrogens (tertiary/aromatic N) is 3. The van der Waals surface area contributed by atoms with Crippen LogP contribution in [-0.4, -0.2) is 59.2 Å². The fraction of sp³-hybridized carbons (Fsp3) is 0.500. The van der Waals surface area contributed by atoms with E-state index in [1.807, 2.05) is 6.19 Å². The summed E-state index contributed by atoms with van der Waals surface area (Å²) in [5, 5.41) is 37.5. The molecule has 3 rings (SSSR count). The van der Waals surface area contributed by atoms with E-state index in [4.69, 9.17) is 0 Å². The first-order valence-corrected chi connectivity index (χ1v) is 13.2. The summed E-state index contributed by atoms with van der Waals surface area (Å²) in [5.74, 6) is -2.20. The summed E-state index contributed by atoms with van der Waals surface area (Å²) in [5.41, 5.74) is 1.82. The Labute approximate surface area is 224 Å². The SMILES string of the molecule is CCCC1CCN(CCCN=C(NC#N)Nc2cccc(C3C(C(=O)O)=C(C)NC(C)=C3C(=O)O)c2)CC1. The molecule has 1 aromatic rings. The summed E-state index contributed by atoms with van der Waals surface area (Å²) >= 11 is 0. The number of allylic oxidation sites excluding steroid dienone is 2. The van der Waals surface area contributed by atoms with Crippen molar-refractivity contribution in [2.24, 2.45) is 10.9 Å². The van der Waals surface area contributed by atoms with Gasteiger partial charge in [-0.05, 0) is 76.4 Å². The zero-order chi connectivity index (χ0) is 27.7. The maximum Gasteiger partial charge on any atom is 0.334 e. The van der Waals surface area contributed by atoms with E-state index in [-0.39, 0.29) is 17.1 Å². The maximum absolute atomic E-state index is 12.1. The highest BCUT2D eigenvalue weighted by Crippen LogP contribution is 2.39. The minimum absolute atomic E-state index is 0.0204. The molecule has 204 valence electrons. The van der Waals surface area contributed by atoms with Crippen molar-refractivity contribution in [1.82, 2.24) is 15.5 Å². The van der Waals surface area contributed by atoms with E-state index in [1.54, 1.807) is 38.1 Å². The number of nitrogens with one attached hydrogen (secondary N) is 3. The number of carboxylic acids is 2. The van der Waals surface area contributed by atoms with E-state index in [9.17, 15) is 25.1 Å². The third-order valence-corrected chi connectivity index (χ3v) is 7.18. The second kappa shape index (κ2) is 13.6. The molecule has 1 saturated heterocycles. The average Bonchev–Trinajstić information content (AvgIpc) is 2.87. The van der Waals surface area contributed by atoms with Crippen LogP contribution in [0.15, 0.2) is 51.8 Å². The van der Waals surface area contributed by atoms with E-state index < -0.39 is 17.9 Å². The number of rotatable bonds is 10. The lowest BCUT2D eigenvalue weighted by Crippen LogP contribution is -2.34. The first-order chi connectivity index (χ1) is 18.2. The molecule has 0 aromatic heterocycles.